The smallest absolute Gasteiger partial charge is 0.151 e. The van der Waals surface area contributed by atoms with Gasteiger partial charge < -0.3 is 19.7 Å². The van der Waals surface area contributed by atoms with Crippen LogP contribution in [0.15, 0.2) is 65.2 Å². The van der Waals surface area contributed by atoms with Crippen LogP contribution in [0.3, 0.4) is 0 Å². The van der Waals surface area contributed by atoms with E-state index in [1.54, 1.807) is 0 Å². The van der Waals surface area contributed by atoms with Crippen molar-refractivity contribution in [2.24, 2.45) is 0 Å². The number of aliphatic hydroxyl groups is 1. The molecule has 134 valence electrons. The molecule has 2 aromatic heterocycles. The molecule has 1 aliphatic rings. The van der Waals surface area contributed by atoms with E-state index in [1.807, 2.05) is 60.8 Å². The number of piperidine rings is 1. The van der Waals surface area contributed by atoms with E-state index in [9.17, 15) is 5.11 Å². The fourth-order valence-corrected chi connectivity index (χ4v) is 3.28. The first kappa shape index (κ1) is 16.7. The van der Waals surface area contributed by atoms with Crippen molar-refractivity contribution in [3.05, 3.63) is 66.6 Å². The Morgan fingerprint density at radius 2 is 1.85 bits per heavy atom. The Morgan fingerprint density at radius 1 is 1.04 bits per heavy atom. The molecule has 1 aromatic carbocycles. The Hall–Kier alpha value is -2.79. The number of pyridine rings is 1. The molecule has 4 rings (SSSR count). The number of furan rings is 1. The molecule has 2 N–H and O–H groups in total. The van der Waals surface area contributed by atoms with Crippen LogP contribution in [0, 0.1) is 0 Å². The van der Waals surface area contributed by atoms with E-state index >= 15 is 0 Å². The molecule has 0 unspecified atom stereocenters. The molecule has 3 aromatic rings. The number of nitrogens with zero attached hydrogens (tertiary/aromatic N) is 2. The second-order valence-corrected chi connectivity index (χ2v) is 6.58. The lowest BCUT2D eigenvalue weighted by Crippen LogP contribution is -2.36. The second-order valence-electron chi connectivity index (χ2n) is 6.58. The molecule has 0 aliphatic carbocycles. The molecule has 0 spiro atoms. The molecule has 1 fully saturated rings. The molecule has 5 nitrogen and oxygen atoms in total. The summed E-state index contributed by atoms with van der Waals surface area (Å²) >= 11 is 0. The fraction of sp³-hybridized carbons (Fsp3) is 0.286. The predicted molar refractivity (Wildman–Crippen MR) is 103 cm³/mol. The summed E-state index contributed by atoms with van der Waals surface area (Å²) in [5.41, 5.74) is 2.06. The van der Waals surface area contributed by atoms with E-state index in [2.05, 4.69) is 15.2 Å². The number of aromatic nitrogens is 1. The average Bonchev–Trinajstić information content (AvgIpc) is 3.17. The normalized spacial score (nSPS) is 15.2. The van der Waals surface area contributed by atoms with Gasteiger partial charge in [0.1, 0.15) is 11.5 Å². The van der Waals surface area contributed by atoms with Crippen molar-refractivity contribution in [2.45, 2.75) is 25.5 Å². The van der Waals surface area contributed by atoms with Crippen molar-refractivity contribution in [1.29, 1.82) is 0 Å². The molecule has 26 heavy (non-hydrogen) atoms. The lowest BCUT2D eigenvalue weighted by molar-refractivity contribution is 0.145. The minimum Gasteiger partial charge on any atom is -0.459 e. The minimum absolute atomic E-state index is 0.189. The molecular formula is C21H23N3O2. The van der Waals surface area contributed by atoms with Crippen LogP contribution in [0.2, 0.25) is 0 Å². The summed E-state index contributed by atoms with van der Waals surface area (Å²) in [6.07, 6.45) is 3.20. The topological polar surface area (TPSA) is 61.5 Å². The summed E-state index contributed by atoms with van der Waals surface area (Å²) in [7, 11) is 0. The number of benzene rings is 1. The first-order chi connectivity index (χ1) is 12.8. The highest BCUT2D eigenvalue weighted by atomic mass is 16.3. The first-order valence-corrected chi connectivity index (χ1v) is 9.05. The fourth-order valence-electron chi connectivity index (χ4n) is 3.28. The van der Waals surface area contributed by atoms with Gasteiger partial charge in [-0.05, 0) is 37.1 Å². The van der Waals surface area contributed by atoms with E-state index in [0.29, 0.717) is 6.54 Å². The maximum Gasteiger partial charge on any atom is 0.151 e. The molecule has 0 atom stereocenters. The van der Waals surface area contributed by atoms with E-state index in [1.165, 1.54) is 0 Å². The van der Waals surface area contributed by atoms with Gasteiger partial charge >= 0.3 is 0 Å². The minimum atomic E-state index is -0.189. The van der Waals surface area contributed by atoms with Gasteiger partial charge in [0.15, 0.2) is 5.82 Å². The highest BCUT2D eigenvalue weighted by molar-refractivity contribution is 5.65. The van der Waals surface area contributed by atoms with Crippen LogP contribution in [0.1, 0.15) is 18.6 Å². The number of hydrogen-bond acceptors (Lipinski definition) is 5. The quantitative estimate of drug-likeness (QED) is 0.731. The van der Waals surface area contributed by atoms with Gasteiger partial charge in [0, 0.05) is 24.8 Å². The van der Waals surface area contributed by atoms with Crippen molar-refractivity contribution >= 4 is 11.5 Å². The van der Waals surface area contributed by atoms with Gasteiger partial charge in [-0.15, -0.1) is 0 Å². The number of anilines is 2. The van der Waals surface area contributed by atoms with Crippen molar-refractivity contribution in [1.82, 2.24) is 4.98 Å². The summed E-state index contributed by atoms with van der Waals surface area (Å²) in [6.45, 7) is 2.25. The number of aliphatic hydroxyl groups excluding tert-OH is 1. The third kappa shape index (κ3) is 3.73. The van der Waals surface area contributed by atoms with Crippen LogP contribution in [-0.4, -0.2) is 29.3 Å². The molecule has 0 bridgehead atoms. The van der Waals surface area contributed by atoms with Crippen LogP contribution >= 0.6 is 0 Å². The highest BCUT2D eigenvalue weighted by Crippen LogP contribution is 2.27. The van der Waals surface area contributed by atoms with E-state index in [4.69, 9.17) is 4.42 Å². The average molecular weight is 349 g/mol. The SMILES string of the molecule is OC1CCN(c2ncccc2NCc2ccc(-c3ccccc3)o2)CC1. The molecule has 5 heteroatoms. The molecule has 0 radical (unpaired) electrons. The van der Waals surface area contributed by atoms with Gasteiger partial charge in [-0.3, -0.25) is 0 Å². The van der Waals surface area contributed by atoms with Crippen molar-refractivity contribution < 1.29 is 9.52 Å². The van der Waals surface area contributed by atoms with Crippen molar-refractivity contribution in [3.8, 4) is 11.3 Å². The van der Waals surface area contributed by atoms with Crippen LogP contribution in [0.25, 0.3) is 11.3 Å². The molecule has 1 aliphatic heterocycles. The van der Waals surface area contributed by atoms with Gasteiger partial charge in [0.2, 0.25) is 0 Å². The van der Waals surface area contributed by atoms with Gasteiger partial charge in [-0.1, -0.05) is 30.3 Å². The van der Waals surface area contributed by atoms with Crippen LogP contribution in [0.4, 0.5) is 11.5 Å². The number of rotatable bonds is 5. The predicted octanol–water partition coefficient (Wildman–Crippen LogP) is 3.91. The summed E-state index contributed by atoms with van der Waals surface area (Å²) in [6, 6.07) is 18.1. The molecule has 0 saturated carbocycles. The zero-order chi connectivity index (χ0) is 17.8. The molecular weight excluding hydrogens is 326 g/mol. The molecule has 0 amide bonds. The van der Waals surface area contributed by atoms with E-state index < -0.39 is 0 Å². The Labute approximate surface area is 153 Å². The Morgan fingerprint density at radius 3 is 2.65 bits per heavy atom. The van der Waals surface area contributed by atoms with Gasteiger partial charge in [0.05, 0.1) is 18.3 Å². The van der Waals surface area contributed by atoms with Crippen LogP contribution in [0.5, 0.6) is 0 Å². The Bertz CT molecular complexity index is 839. The summed E-state index contributed by atoms with van der Waals surface area (Å²) < 4.78 is 5.96. The zero-order valence-electron chi connectivity index (χ0n) is 14.6. The summed E-state index contributed by atoms with van der Waals surface area (Å²) in [4.78, 5) is 6.77. The van der Waals surface area contributed by atoms with E-state index in [-0.39, 0.29) is 6.10 Å². The van der Waals surface area contributed by atoms with Crippen LogP contribution in [-0.2, 0) is 6.54 Å². The van der Waals surface area contributed by atoms with Gasteiger partial charge in [-0.2, -0.15) is 0 Å². The number of nitrogens with one attached hydrogen (secondary N) is 1. The van der Waals surface area contributed by atoms with Crippen molar-refractivity contribution in [2.75, 3.05) is 23.3 Å². The maximum atomic E-state index is 9.72. The summed E-state index contributed by atoms with van der Waals surface area (Å²) in [5.74, 6) is 2.70. The van der Waals surface area contributed by atoms with Gasteiger partial charge in [-0.25, -0.2) is 4.98 Å². The van der Waals surface area contributed by atoms with E-state index in [0.717, 1.165) is 54.5 Å². The number of hydrogen-bond donors (Lipinski definition) is 2. The third-order valence-electron chi connectivity index (χ3n) is 4.72. The highest BCUT2D eigenvalue weighted by Gasteiger charge is 2.20. The lowest BCUT2D eigenvalue weighted by Gasteiger charge is -2.31. The summed E-state index contributed by atoms with van der Waals surface area (Å²) in [5, 5.41) is 13.2. The Kier molecular flexibility index (Phi) is 4.88. The molecule has 1 saturated heterocycles. The van der Waals surface area contributed by atoms with Crippen molar-refractivity contribution in [3.63, 3.8) is 0 Å². The standard InChI is InChI=1S/C21H23N3O2/c25-17-10-13-24(14-11-17)21-19(7-4-12-22-21)23-15-18-8-9-20(26-18)16-5-2-1-3-6-16/h1-9,12,17,23,25H,10-11,13-15H2. The zero-order valence-corrected chi connectivity index (χ0v) is 14.6. The second kappa shape index (κ2) is 7.62. The third-order valence-corrected chi connectivity index (χ3v) is 4.72. The first-order valence-electron chi connectivity index (χ1n) is 9.05. The monoisotopic (exact) mass is 349 g/mol. The lowest BCUT2D eigenvalue weighted by atomic mass is 10.1. The van der Waals surface area contributed by atoms with Crippen LogP contribution < -0.4 is 10.2 Å². The van der Waals surface area contributed by atoms with Gasteiger partial charge in [0.25, 0.3) is 0 Å². The molecule has 3 heterocycles. The maximum absolute atomic E-state index is 9.72. The largest absolute Gasteiger partial charge is 0.459 e. The Balaban J connectivity index is 1.45.